The van der Waals surface area contributed by atoms with Crippen LogP contribution in [0.5, 0.6) is 69.0 Å². The molecular weight excluding hydrogens is 1430 g/mol. The molecule has 2 aliphatic rings. The van der Waals surface area contributed by atoms with Gasteiger partial charge in [0.25, 0.3) is 0 Å². The van der Waals surface area contributed by atoms with Crippen molar-refractivity contribution in [2.75, 3.05) is 0 Å². The van der Waals surface area contributed by atoms with Crippen molar-refractivity contribution in [3.05, 3.63) is 429 Å². The standard InChI is InChI=1S/C100H86O14/c101-83-57-82-84(104-60-70-33-13-2-14-34-70)58-86(106-62-72-37-17-4-18-38-72)93(98(82)114-96(83)79-51-88(107-63-73-39-19-5-20-40-73)99(111-67-77-47-27-9-28-48-77)89(52-79)108-64-74-41-21-6-22-42-74)94-92-85(105-61-71-35-15-3-16-36-71)55-81(103-59-69-31-11-1-12-32-69)56-87(92)113-97(95(94)102)80-53-90(109-65-75-43-23-7-24-44-75)100(112-68-78-49-29-10-30-50-78)91(54-80)110-66-76-45-25-8-26-46-76/h1-56,58,83,94-97,101-102H,57,59-68H2/t83-,94+,95-,96+,97+/m0/s1. The van der Waals surface area contributed by atoms with Crippen LogP contribution in [0.2, 0.25) is 0 Å². The molecule has 14 heteroatoms. The van der Waals surface area contributed by atoms with Gasteiger partial charge in [0.05, 0.1) is 12.0 Å². The van der Waals surface area contributed by atoms with Crippen LogP contribution in [0, 0.1) is 0 Å². The van der Waals surface area contributed by atoms with Gasteiger partial charge in [-0.25, -0.2) is 0 Å². The summed E-state index contributed by atoms with van der Waals surface area (Å²) in [6.45, 7) is 1.50. The molecule has 114 heavy (non-hydrogen) atoms. The Morgan fingerprint density at radius 3 is 0.851 bits per heavy atom. The third-order valence-corrected chi connectivity index (χ3v) is 20.1. The lowest BCUT2D eigenvalue weighted by atomic mass is 9.77. The van der Waals surface area contributed by atoms with Crippen molar-refractivity contribution in [2.45, 2.75) is 103 Å². The average molecular weight is 1510 g/mol. The van der Waals surface area contributed by atoms with Crippen LogP contribution in [-0.2, 0) is 72.5 Å². The zero-order chi connectivity index (χ0) is 77.0. The highest BCUT2D eigenvalue weighted by Gasteiger charge is 2.48. The number of benzene rings is 14. The largest absolute Gasteiger partial charge is 0.489 e. The van der Waals surface area contributed by atoms with Gasteiger partial charge in [-0.15, -0.1) is 0 Å². The number of ether oxygens (including phenoxy) is 12. The Kier molecular flexibility index (Phi) is 24.0. The van der Waals surface area contributed by atoms with Crippen molar-refractivity contribution < 1.29 is 67.1 Å². The van der Waals surface area contributed by atoms with Crippen molar-refractivity contribution in [3.63, 3.8) is 0 Å². The molecule has 0 saturated heterocycles. The highest BCUT2D eigenvalue weighted by atomic mass is 16.6. The highest BCUT2D eigenvalue weighted by molar-refractivity contribution is 5.68. The lowest BCUT2D eigenvalue weighted by Gasteiger charge is -2.41. The summed E-state index contributed by atoms with van der Waals surface area (Å²) in [5.41, 5.74) is 11.4. The minimum atomic E-state index is -1.56. The fraction of sp³-hybridized carbons (Fsp3) is 0.160. The number of hydrogen-bond acceptors (Lipinski definition) is 14. The van der Waals surface area contributed by atoms with E-state index in [1.54, 1.807) is 0 Å². The summed E-state index contributed by atoms with van der Waals surface area (Å²) in [7, 11) is 0. The van der Waals surface area contributed by atoms with E-state index < -0.39 is 30.3 Å². The SMILES string of the molecule is O[C@H]1[C@@H](c2c(OCc3ccccc3)cc(OCc3ccccc3)c3c2O[C@H](c2cc(OCc4ccccc4)c(OCc4ccccc4)c(OCc4ccccc4)c2)[C@@H](O)C3)c2c(OCc3ccccc3)cc(OCc3ccccc3)cc2O[C@@H]1c1cc(OCc2ccccc2)c(OCc2ccccc2)c(OCc2ccccc2)c1. The number of aliphatic hydroxyl groups excluding tert-OH is 2. The molecule has 0 saturated carbocycles. The first-order valence-corrected chi connectivity index (χ1v) is 38.4. The topological polar surface area (TPSA) is 151 Å². The molecule has 14 nitrogen and oxygen atoms in total. The van der Waals surface area contributed by atoms with E-state index in [0.717, 1.165) is 55.6 Å². The molecule has 570 valence electrons. The molecule has 0 bridgehead atoms. The summed E-state index contributed by atoms with van der Waals surface area (Å²) in [5, 5.41) is 28.0. The highest BCUT2D eigenvalue weighted by Crippen LogP contribution is 2.59. The zero-order valence-corrected chi connectivity index (χ0v) is 62.9. The van der Waals surface area contributed by atoms with Gasteiger partial charge in [-0.3, -0.25) is 0 Å². The van der Waals surface area contributed by atoms with Gasteiger partial charge in [-0.2, -0.15) is 0 Å². The first-order chi connectivity index (χ1) is 56.3. The third kappa shape index (κ3) is 18.6. The second kappa shape index (κ2) is 36.6. The fourth-order valence-corrected chi connectivity index (χ4v) is 14.3. The maximum Gasteiger partial charge on any atom is 0.203 e. The van der Waals surface area contributed by atoms with Crippen LogP contribution in [0.4, 0.5) is 0 Å². The number of hydrogen-bond donors (Lipinski definition) is 2. The van der Waals surface area contributed by atoms with Crippen LogP contribution in [0.1, 0.15) is 102 Å². The van der Waals surface area contributed by atoms with Gasteiger partial charge in [-0.05, 0) is 79.9 Å². The van der Waals surface area contributed by atoms with Crippen LogP contribution in [0.3, 0.4) is 0 Å². The number of rotatable bonds is 33. The van der Waals surface area contributed by atoms with Crippen LogP contribution >= 0.6 is 0 Å². The van der Waals surface area contributed by atoms with E-state index in [2.05, 4.69) is 0 Å². The Bertz CT molecular complexity index is 5270. The third-order valence-electron chi connectivity index (χ3n) is 20.1. The van der Waals surface area contributed by atoms with Crippen LogP contribution in [0.15, 0.2) is 346 Å². The van der Waals surface area contributed by atoms with Crippen molar-refractivity contribution in [1.82, 2.24) is 0 Å². The molecule has 14 aromatic rings. The van der Waals surface area contributed by atoms with Crippen molar-refractivity contribution >= 4 is 0 Å². The Balaban J connectivity index is 0.919. The second-order valence-corrected chi connectivity index (χ2v) is 28.2. The normalized spacial score (nSPS) is 15.3. The van der Waals surface area contributed by atoms with Gasteiger partial charge in [0, 0.05) is 52.4 Å². The molecule has 2 heterocycles. The lowest BCUT2D eigenvalue weighted by molar-refractivity contribution is 0.000385. The van der Waals surface area contributed by atoms with Crippen molar-refractivity contribution in [2.24, 2.45) is 0 Å². The molecule has 2 aliphatic heterocycles. The fourth-order valence-electron chi connectivity index (χ4n) is 14.3. The molecule has 0 spiro atoms. The van der Waals surface area contributed by atoms with E-state index in [0.29, 0.717) is 91.1 Å². The first kappa shape index (κ1) is 74.7. The lowest BCUT2D eigenvalue weighted by Crippen LogP contribution is -2.37. The number of fused-ring (bicyclic) bond motifs is 2. The summed E-state index contributed by atoms with van der Waals surface area (Å²) in [4.78, 5) is 0. The van der Waals surface area contributed by atoms with Gasteiger partial charge in [0.2, 0.25) is 11.5 Å². The predicted octanol–water partition coefficient (Wildman–Crippen LogP) is 21.1. The smallest absolute Gasteiger partial charge is 0.203 e. The minimum absolute atomic E-state index is 0.0172. The van der Waals surface area contributed by atoms with Gasteiger partial charge in [0.15, 0.2) is 35.2 Å². The molecule has 0 aromatic heterocycles. The maximum absolute atomic E-state index is 14.7. The van der Waals surface area contributed by atoms with Gasteiger partial charge < -0.3 is 67.1 Å². The molecular formula is C100H86O14. The van der Waals surface area contributed by atoms with Crippen LogP contribution in [-0.4, -0.2) is 22.4 Å². The number of aliphatic hydroxyl groups is 2. The minimum Gasteiger partial charge on any atom is -0.489 e. The van der Waals surface area contributed by atoms with Gasteiger partial charge in [0.1, 0.15) is 107 Å². The van der Waals surface area contributed by atoms with E-state index in [1.165, 1.54) is 0 Å². The molecule has 16 rings (SSSR count). The van der Waals surface area contributed by atoms with Crippen molar-refractivity contribution in [1.29, 1.82) is 0 Å². The summed E-state index contributed by atoms with van der Waals surface area (Å²) in [6, 6.07) is 112. The van der Waals surface area contributed by atoms with Gasteiger partial charge in [-0.1, -0.05) is 303 Å². The molecule has 5 atom stereocenters. The van der Waals surface area contributed by atoms with E-state index >= 15 is 0 Å². The average Bonchev–Trinajstić information content (AvgIpc) is 0.720. The molecule has 0 fully saturated rings. The molecule has 0 amide bonds. The quantitative estimate of drug-likeness (QED) is 0.0401. The Morgan fingerprint density at radius 1 is 0.254 bits per heavy atom. The van der Waals surface area contributed by atoms with E-state index in [1.807, 2.05) is 346 Å². The van der Waals surface area contributed by atoms with Crippen LogP contribution in [0.25, 0.3) is 0 Å². The Labute approximate surface area is 664 Å². The Hall–Kier alpha value is -13.4. The molecule has 0 aliphatic carbocycles. The second-order valence-electron chi connectivity index (χ2n) is 28.2. The maximum atomic E-state index is 14.7. The summed E-state index contributed by atoms with van der Waals surface area (Å²) >= 11 is 0. The molecule has 0 radical (unpaired) electrons. The van der Waals surface area contributed by atoms with E-state index in [-0.39, 0.29) is 78.2 Å². The summed E-state index contributed by atoms with van der Waals surface area (Å²) in [5.74, 6) is 2.93. The van der Waals surface area contributed by atoms with E-state index in [9.17, 15) is 10.2 Å². The molecule has 14 aromatic carbocycles. The van der Waals surface area contributed by atoms with Crippen LogP contribution < -0.4 is 56.8 Å². The monoisotopic (exact) mass is 1510 g/mol. The summed E-state index contributed by atoms with van der Waals surface area (Å²) < 4.78 is 85.4. The molecule has 2 N–H and O–H groups in total. The van der Waals surface area contributed by atoms with E-state index in [4.69, 9.17) is 56.8 Å². The Morgan fingerprint density at radius 2 is 0.526 bits per heavy atom. The molecule has 0 unspecified atom stereocenters. The van der Waals surface area contributed by atoms with Gasteiger partial charge >= 0.3 is 0 Å². The summed E-state index contributed by atoms with van der Waals surface area (Å²) in [6.07, 6.45) is -5.26. The predicted molar refractivity (Wildman–Crippen MR) is 438 cm³/mol. The first-order valence-electron chi connectivity index (χ1n) is 38.4. The van der Waals surface area contributed by atoms with Crippen molar-refractivity contribution in [3.8, 4) is 69.0 Å². The zero-order valence-electron chi connectivity index (χ0n) is 62.9.